The standard InChI is InChI=1S/C30H16F12O2/c1-2-20(31)27(37)15-5-3-14(4-6-15)16-7-8-19(21(32)9-16)17-10-22(33)26(23(34)11-17)29(38,39)43-18-12-24(35)28(25(36)13-18)44-30(40,41)42/h3-13H,2H2,1H3/b27-20+. The highest BCUT2D eigenvalue weighted by Crippen LogP contribution is 2.40. The first-order valence-electron chi connectivity index (χ1n) is 12.3. The number of hydrogen-bond donors (Lipinski definition) is 0. The van der Waals surface area contributed by atoms with Crippen molar-refractivity contribution >= 4 is 5.83 Å². The maximum Gasteiger partial charge on any atom is 0.573 e. The quantitative estimate of drug-likeness (QED) is 0.179. The van der Waals surface area contributed by atoms with Crippen molar-refractivity contribution in [3.8, 4) is 33.8 Å². The molecule has 0 aliphatic heterocycles. The minimum Gasteiger partial charge on any atom is -0.429 e. The predicted octanol–water partition coefficient (Wildman–Crippen LogP) is 10.8. The molecule has 0 aliphatic rings. The van der Waals surface area contributed by atoms with Gasteiger partial charge >= 0.3 is 12.5 Å². The largest absolute Gasteiger partial charge is 0.573 e. The van der Waals surface area contributed by atoms with Crippen molar-refractivity contribution in [3.63, 3.8) is 0 Å². The Morgan fingerprint density at radius 2 is 1.14 bits per heavy atom. The Bertz CT molecular complexity index is 1680. The van der Waals surface area contributed by atoms with E-state index >= 15 is 0 Å². The third-order valence-electron chi connectivity index (χ3n) is 6.07. The number of hydrogen-bond acceptors (Lipinski definition) is 2. The summed E-state index contributed by atoms with van der Waals surface area (Å²) in [5.74, 6) is -14.6. The maximum atomic E-state index is 15.0. The summed E-state index contributed by atoms with van der Waals surface area (Å²) in [5, 5.41) is 0. The van der Waals surface area contributed by atoms with Crippen LogP contribution >= 0.6 is 0 Å². The fraction of sp³-hybridized carbons (Fsp3) is 0.133. The van der Waals surface area contributed by atoms with Crippen LogP contribution in [0.5, 0.6) is 11.5 Å². The summed E-state index contributed by atoms with van der Waals surface area (Å²) in [4.78, 5) is 0. The molecule has 232 valence electrons. The summed E-state index contributed by atoms with van der Waals surface area (Å²) in [7, 11) is 0. The van der Waals surface area contributed by atoms with Crippen LogP contribution in [0.3, 0.4) is 0 Å². The molecule has 4 rings (SSSR count). The van der Waals surface area contributed by atoms with Gasteiger partial charge in [0, 0.05) is 23.3 Å². The highest BCUT2D eigenvalue weighted by atomic mass is 19.4. The zero-order chi connectivity index (χ0) is 32.6. The van der Waals surface area contributed by atoms with E-state index in [-0.39, 0.29) is 29.7 Å². The zero-order valence-electron chi connectivity index (χ0n) is 21.9. The van der Waals surface area contributed by atoms with Crippen LogP contribution < -0.4 is 9.47 Å². The Labute approximate surface area is 240 Å². The SMILES string of the molecule is CC/C(F)=C(\F)c1ccc(-c2ccc(-c3cc(F)c(C(F)(F)Oc4cc(F)c(OC(F)(F)F)c(F)c4)c(F)c3)c(F)c2)cc1. The minimum atomic E-state index is -5.53. The van der Waals surface area contributed by atoms with E-state index in [1.165, 1.54) is 37.3 Å². The monoisotopic (exact) mass is 636 g/mol. The molecular formula is C30H16F12O2. The molecule has 0 saturated carbocycles. The first-order valence-corrected chi connectivity index (χ1v) is 12.3. The fourth-order valence-corrected chi connectivity index (χ4v) is 4.06. The molecule has 0 spiro atoms. The Balaban J connectivity index is 1.60. The van der Waals surface area contributed by atoms with E-state index in [4.69, 9.17) is 0 Å². The molecule has 0 atom stereocenters. The van der Waals surface area contributed by atoms with Gasteiger partial charge in [-0.15, -0.1) is 13.2 Å². The van der Waals surface area contributed by atoms with Crippen molar-refractivity contribution < 1.29 is 62.2 Å². The Hall–Kier alpha value is -4.62. The van der Waals surface area contributed by atoms with Gasteiger partial charge in [0.15, 0.2) is 17.5 Å². The van der Waals surface area contributed by atoms with Gasteiger partial charge in [0.2, 0.25) is 5.75 Å². The molecule has 0 aliphatic carbocycles. The van der Waals surface area contributed by atoms with Gasteiger partial charge in [-0.3, -0.25) is 0 Å². The van der Waals surface area contributed by atoms with Gasteiger partial charge in [-0.1, -0.05) is 43.3 Å². The number of alkyl halides is 5. The van der Waals surface area contributed by atoms with E-state index in [9.17, 15) is 52.7 Å². The molecule has 4 aromatic rings. The van der Waals surface area contributed by atoms with Crippen molar-refractivity contribution in [1.82, 2.24) is 0 Å². The molecule has 0 amide bonds. The van der Waals surface area contributed by atoms with Gasteiger partial charge in [0.05, 0.1) is 0 Å². The van der Waals surface area contributed by atoms with Crippen LogP contribution in [0.4, 0.5) is 52.7 Å². The number of benzene rings is 4. The molecule has 4 aromatic carbocycles. The topological polar surface area (TPSA) is 18.5 Å². The first-order chi connectivity index (χ1) is 20.5. The van der Waals surface area contributed by atoms with Crippen LogP contribution in [0, 0.1) is 29.1 Å². The van der Waals surface area contributed by atoms with Crippen LogP contribution in [0.2, 0.25) is 0 Å². The predicted molar refractivity (Wildman–Crippen MR) is 134 cm³/mol. The van der Waals surface area contributed by atoms with Crippen LogP contribution in [0.25, 0.3) is 28.1 Å². The average Bonchev–Trinajstić information content (AvgIpc) is 2.93. The van der Waals surface area contributed by atoms with Crippen molar-refractivity contribution in [3.05, 3.63) is 113 Å². The van der Waals surface area contributed by atoms with E-state index in [1.807, 2.05) is 0 Å². The van der Waals surface area contributed by atoms with E-state index in [0.29, 0.717) is 17.7 Å². The summed E-state index contributed by atoms with van der Waals surface area (Å²) in [6.07, 6.45) is -10.6. The summed E-state index contributed by atoms with van der Waals surface area (Å²) in [5.41, 5.74) is -2.48. The van der Waals surface area contributed by atoms with Gasteiger partial charge in [-0.25, -0.2) is 30.7 Å². The van der Waals surface area contributed by atoms with E-state index in [2.05, 4.69) is 9.47 Å². The molecule has 0 aromatic heterocycles. The van der Waals surface area contributed by atoms with E-state index in [1.54, 1.807) is 0 Å². The van der Waals surface area contributed by atoms with Crippen LogP contribution in [-0.4, -0.2) is 6.36 Å². The van der Waals surface area contributed by atoms with Gasteiger partial charge in [-0.2, -0.15) is 8.78 Å². The summed E-state index contributed by atoms with van der Waals surface area (Å²) in [6, 6.07) is 9.01. The van der Waals surface area contributed by atoms with Gasteiger partial charge < -0.3 is 9.47 Å². The van der Waals surface area contributed by atoms with Crippen LogP contribution in [0.1, 0.15) is 24.5 Å². The summed E-state index contributed by atoms with van der Waals surface area (Å²) < 4.78 is 173. The van der Waals surface area contributed by atoms with Crippen LogP contribution in [0.15, 0.2) is 72.6 Å². The maximum absolute atomic E-state index is 15.0. The lowest BCUT2D eigenvalue weighted by atomic mass is 9.97. The summed E-state index contributed by atoms with van der Waals surface area (Å²) >= 11 is 0. The lowest BCUT2D eigenvalue weighted by Crippen LogP contribution is -2.25. The number of rotatable bonds is 8. The lowest BCUT2D eigenvalue weighted by molar-refractivity contribution is -0.276. The zero-order valence-corrected chi connectivity index (χ0v) is 21.9. The van der Waals surface area contributed by atoms with Crippen molar-refractivity contribution in [2.75, 3.05) is 0 Å². The number of allylic oxidation sites excluding steroid dienone is 1. The molecule has 44 heavy (non-hydrogen) atoms. The number of ether oxygens (including phenoxy) is 2. The average molecular weight is 636 g/mol. The molecule has 0 bridgehead atoms. The minimum absolute atomic E-state index is 0.0558. The lowest BCUT2D eigenvalue weighted by Gasteiger charge is -2.21. The second-order valence-electron chi connectivity index (χ2n) is 9.04. The van der Waals surface area contributed by atoms with E-state index in [0.717, 1.165) is 12.1 Å². The van der Waals surface area contributed by atoms with E-state index < -0.39 is 81.4 Å². The number of halogens is 12. The highest BCUT2D eigenvalue weighted by Gasteiger charge is 2.42. The molecule has 0 radical (unpaired) electrons. The van der Waals surface area contributed by atoms with Gasteiger partial charge in [0.25, 0.3) is 0 Å². The molecule has 14 heteroatoms. The molecule has 2 nitrogen and oxygen atoms in total. The third kappa shape index (κ3) is 6.95. The van der Waals surface area contributed by atoms with Gasteiger partial charge in [0.1, 0.15) is 34.6 Å². The molecule has 0 saturated heterocycles. The molecule has 0 heterocycles. The Kier molecular flexibility index (Phi) is 8.93. The first kappa shape index (κ1) is 32.3. The van der Waals surface area contributed by atoms with Crippen molar-refractivity contribution in [1.29, 1.82) is 0 Å². The highest BCUT2D eigenvalue weighted by molar-refractivity contribution is 5.73. The second-order valence-corrected chi connectivity index (χ2v) is 9.04. The molecule has 0 unspecified atom stereocenters. The molecule has 0 fully saturated rings. The molecule has 0 N–H and O–H groups in total. The second kappa shape index (κ2) is 12.2. The fourth-order valence-electron chi connectivity index (χ4n) is 4.06. The van der Waals surface area contributed by atoms with Crippen LogP contribution in [-0.2, 0) is 6.11 Å². The third-order valence-corrected chi connectivity index (χ3v) is 6.07. The Morgan fingerprint density at radius 3 is 1.64 bits per heavy atom. The van der Waals surface area contributed by atoms with Gasteiger partial charge in [-0.05, 0) is 41.3 Å². The molecular weight excluding hydrogens is 620 g/mol. The van der Waals surface area contributed by atoms with Crippen molar-refractivity contribution in [2.24, 2.45) is 0 Å². The smallest absolute Gasteiger partial charge is 0.429 e. The summed E-state index contributed by atoms with van der Waals surface area (Å²) in [6.45, 7) is 1.42. The normalized spacial score (nSPS) is 12.7. The van der Waals surface area contributed by atoms with Crippen molar-refractivity contribution in [2.45, 2.75) is 25.8 Å². The Morgan fingerprint density at radius 1 is 0.614 bits per heavy atom.